The van der Waals surface area contributed by atoms with Gasteiger partial charge in [-0.25, -0.2) is 0 Å². The number of aliphatic imine (C=N–C) groups is 2. The van der Waals surface area contributed by atoms with Crippen LogP contribution in [0.4, 0.5) is 22.7 Å². The molecule has 0 bridgehead atoms. The maximum Gasteiger partial charge on any atom is 0.260 e. The number of rotatable bonds is 24. The van der Waals surface area contributed by atoms with Gasteiger partial charge < -0.3 is 44.3 Å². The van der Waals surface area contributed by atoms with E-state index in [4.69, 9.17) is 28.9 Å². The number of allylic oxidation sites excluding steroid dienone is 2. The number of fused-ring (bicyclic) bond motifs is 4. The summed E-state index contributed by atoms with van der Waals surface area (Å²) in [4.78, 5) is 109. The smallest absolute Gasteiger partial charge is 0.260 e. The SMILES string of the molecule is COc1cc2c(cc1OCCCOc1cc3c(cc1OC)C(=O)N1C=C(c4ccc(NC(=O)[C@H](C)CC(=O)C(NC(=O)CCCCCN5C(=O)C=CC5=O)C(C)C)cc4)C[C@H]1C=N3)N=C[C@@H]1CC(c3ccc(N4CCN(C)CC4)cc3)=CC1C2=O. The molecule has 5 amide bonds. The van der Waals surface area contributed by atoms with Gasteiger partial charge in [-0.3, -0.25) is 48.4 Å². The largest absolute Gasteiger partial charge is 0.493 e. The third-order valence-electron chi connectivity index (χ3n) is 16.7. The van der Waals surface area contributed by atoms with E-state index in [9.17, 15) is 33.6 Å². The van der Waals surface area contributed by atoms with Crippen LogP contribution >= 0.6 is 0 Å². The van der Waals surface area contributed by atoms with E-state index in [-0.39, 0.29) is 91.0 Å². The van der Waals surface area contributed by atoms with Crippen LogP contribution in [0.25, 0.3) is 11.1 Å². The first-order chi connectivity index (χ1) is 41.0. The second kappa shape index (κ2) is 26.5. The first-order valence-electron chi connectivity index (χ1n) is 29.4. The van der Waals surface area contributed by atoms with Gasteiger partial charge in [0.15, 0.2) is 34.6 Å². The van der Waals surface area contributed by atoms with Crippen molar-refractivity contribution in [3.63, 3.8) is 0 Å². The number of ketones is 2. The van der Waals surface area contributed by atoms with Gasteiger partial charge >= 0.3 is 0 Å². The summed E-state index contributed by atoms with van der Waals surface area (Å²) in [5, 5.41) is 5.75. The minimum atomic E-state index is -0.758. The molecule has 444 valence electrons. The van der Waals surface area contributed by atoms with Crippen molar-refractivity contribution in [2.24, 2.45) is 33.7 Å². The Balaban J connectivity index is 0.682. The lowest BCUT2D eigenvalue weighted by Gasteiger charge is -2.34. The molecule has 6 aliphatic rings. The summed E-state index contributed by atoms with van der Waals surface area (Å²) in [5.74, 6) is -1.29. The number of anilines is 2. The highest BCUT2D eigenvalue weighted by Crippen LogP contribution is 2.45. The number of unbranched alkanes of at least 4 members (excludes halogenated alkanes) is 2. The number of hydrogen-bond acceptors (Lipinski definition) is 15. The number of ether oxygens (including phenoxy) is 4. The highest BCUT2D eigenvalue weighted by molar-refractivity contribution is 6.13. The van der Waals surface area contributed by atoms with Crippen LogP contribution in [0.2, 0.25) is 0 Å². The number of hydrogen-bond donors (Lipinski definition) is 2. The number of imide groups is 1. The molecule has 1 saturated heterocycles. The number of carbonyl (C=O) groups is 7. The van der Waals surface area contributed by atoms with Crippen LogP contribution in [-0.4, -0.2) is 148 Å². The zero-order valence-electron chi connectivity index (χ0n) is 49.1. The molecule has 0 aromatic heterocycles. The minimum absolute atomic E-state index is 0.00669. The van der Waals surface area contributed by atoms with E-state index in [1.807, 2.05) is 38.4 Å². The molecule has 2 N–H and O–H groups in total. The topological polar surface area (TPSA) is 218 Å². The van der Waals surface area contributed by atoms with Crippen LogP contribution in [0, 0.1) is 23.7 Å². The number of piperazine rings is 1. The molecule has 5 aliphatic heterocycles. The molecule has 10 rings (SSSR count). The summed E-state index contributed by atoms with van der Waals surface area (Å²) < 4.78 is 23.9. The number of nitrogens with zero attached hydrogens (tertiary/aromatic N) is 6. The first kappa shape index (κ1) is 59.4. The van der Waals surface area contributed by atoms with Crippen molar-refractivity contribution in [2.45, 2.75) is 84.2 Å². The number of Topliss-reactive ketones (excluding diaryl/α,β-unsaturated/α-hetero) is 2. The molecule has 19 nitrogen and oxygen atoms in total. The van der Waals surface area contributed by atoms with Crippen molar-refractivity contribution in [2.75, 3.05) is 77.4 Å². The Kier molecular flexibility index (Phi) is 18.5. The van der Waals surface area contributed by atoms with Crippen molar-refractivity contribution in [1.29, 1.82) is 0 Å². The summed E-state index contributed by atoms with van der Waals surface area (Å²) in [6, 6.07) is 21.8. The zero-order valence-corrected chi connectivity index (χ0v) is 49.1. The Bertz CT molecular complexity index is 3380. The molecule has 1 fully saturated rings. The van der Waals surface area contributed by atoms with E-state index < -0.39 is 12.0 Å². The van der Waals surface area contributed by atoms with Crippen LogP contribution in [0.15, 0.2) is 107 Å². The lowest BCUT2D eigenvalue weighted by molar-refractivity contribution is -0.137. The molecule has 85 heavy (non-hydrogen) atoms. The molecule has 0 saturated carbocycles. The predicted molar refractivity (Wildman–Crippen MR) is 325 cm³/mol. The van der Waals surface area contributed by atoms with Crippen LogP contribution in [0.1, 0.15) is 104 Å². The molecule has 5 atom stereocenters. The fourth-order valence-electron chi connectivity index (χ4n) is 11.6. The van der Waals surface area contributed by atoms with Gasteiger partial charge in [0.05, 0.1) is 56.5 Å². The number of likely N-dealkylation sites (N-methyl/N-ethyl adjacent to an activating group) is 1. The van der Waals surface area contributed by atoms with Gasteiger partial charge in [0.2, 0.25) is 11.8 Å². The average molecular weight is 1160 g/mol. The Morgan fingerprint density at radius 2 is 1.32 bits per heavy atom. The Labute approximate surface area is 495 Å². The van der Waals surface area contributed by atoms with E-state index in [1.165, 1.54) is 29.8 Å². The van der Waals surface area contributed by atoms with Crippen molar-refractivity contribution in [3.05, 3.63) is 119 Å². The average Bonchev–Trinajstić information content (AvgIpc) is 2.52. The maximum atomic E-state index is 14.2. The molecular weight excluding hydrogens is 1080 g/mol. The number of methoxy groups -OCH3 is 2. The fraction of sp³-hybridized carbons (Fsp3) is 0.409. The number of benzene rings is 4. The van der Waals surface area contributed by atoms with E-state index in [0.29, 0.717) is 89.8 Å². The van der Waals surface area contributed by atoms with Gasteiger partial charge in [0.1, 0.15) is 0 Å². The highest BCUT2D eigenvalue weighted by atomic mass is 16.5. The van der Waals surface area contributed by atoms with Crippen molar-refractivity contribution >= 4 is 87.4 Å². The van der Waals surface area contributed by atoms with Gasteiger partial charge in [-0.1, -0.05) is 57.5 Å². The molecular formula is C66H74N8O11. The third kappa shape index (κ3) is 13.6. The van der Waals surface area contributed by atoms with Crippen molar-refractivity contribution in [3.8, 4) is 23.0 Å². The quantitative estimate of drug-likeness (QED) is 0.0495. The van der Waals surface area contributed by atoms with Crippen LogP contribution in [0.5, 0.6) is 23.0 Å². The van der Waals surface area contributed by atoms with E-state index in [1.54, 1.807) is 61.5 Å². The molecule has 0 radical (unpaired) electrons. The summed E-state index contributed by atoms with van der Waals surface area (Å²) >= 11 is 0. The third-order valence-corrected chi connectivity index (χ3v) is 16.7. The monoisotopic (exact) mass is 1150 g/mol. The maximum absolute atomic E-state index is 14.2. The summed E-state index contributed by atoms with van der Waals surface area (Å²) in [6.07, 6.45) is 13.7. The van der Waals surface area contributed by atoms with Gasteiger partial charge in [-0.05, 0) is 90.9 Å². The van der Waals surface area contributed by atoms with Gasteiger partial charge in [0.25, 0.3) is 17.7 Å². The Morgan fingerprint density at radius 1 is 0.694 bits per heavy atom. The second-order valence-electron chi connectivity index (χ2n) is 23.0. The zero-order chi connectivity index (χ0) is 59.9. The van der Waals surface area contributed by atoms with E-state index in [0.717, 1.165) is 54.9 Å². The fourth-order valence-corrected chi connectivity index (χ4v) is 11.6. The van der Waals surface area contributed by atoms with Gasteiger partial charge in [-0.15, -0.1) is 0 Å². The van der Waals surface area contributed by atoms with Gasteiger partial charge in [0, 0.05) is 136 Å². The number of nitrogens with one attached hydrogen (secondary N) is 2. The molecule has 0 spiro atoms. The van der Waals surface area contributed by atoms with Crippen molar-refractivity contribution in [1.82, 2.24) is 20.0 Å². The normalized spacial score (nSPS) is 19.6. The van der Waals surface area contributed by atoms with E-state index >= 15 is 0 Å². The minimum Gasteiger partial charge on any atom is -0.493 e. The van der Waals surface area contributed by atoms with Crippen LogP contribution in [0.3, 0.4) is 0 Å². The molecule has 5 heterocycles. The Morgan fingerprint density at radius 3 is 1.98 bits per heavy atom. The molecule has 1 aliphatic carbocycles. The van der Waals surface area contributed by atoms with Crippen LogP contribution in [-0.2, 0) is 24.0 Å². The van der Waals surface area contributed by atoms with E-state index in [2.05, 4.69) is 57.8 Å². The molecule has 2 unspecified atom stereocenters. The van der Waals surface area contributed by atoms with Crippen molar-refractivity contribution < 1.29 is 52.5 Å². The predicted octanol–water partition coefficient (Wildman–Crippen LogP) is 9.05. The Hall–Kier alpha value is -8.71. The second-order valence-corrected chi connectivity index (χ2v) is 23.0. The molecule has 4 aromatic carbocycles. The molecule has 4 aromatic rings. The summed E-state index contributed by atoms with van der Waals surface area (Å²) in [6.45, 7) is 10.3. The standard InChI is InChI=1S/C66H74N8O11/c1-40(2)63(70-60(76)11-8-7-9-22-73-61(77)20-21-62(73)78)55(75)29-41(3)65(80)69-47-16-12-43(13-17-47)46-31-49-38-68-54-36-59(57(83-6)34-52(54)66(81)74(49)39-46)85-28-10-27-84-58-35-53-51(33-56(58)82-5)64(79)50-32-44(30-45(50)37-67-53)42-14-18-48(19-15-42)72-25-23-71(4)24-26-72/h12-21,32-41,45,49-50,63H,7-11,22-31H2,1-6H3,(H,69,80)(H,70,76)/t41-,45+,49+,50?,63?/m1/s1. The van der Waals surface area contributed by atoms with Crippen LogP contribution < -0.4 is 34.5 Å². The summed E-state index contributed by atoms with van der Waals surface area (Å²) in [5.41, 5.74) is 7.67. The number of amides is 5. The highest BCUT2D eigenvalue weighted by Gasteiger charge is 2.38. The summed E-state index contributed by atoms with van der Waals surface area (Å²) in [7, 11) is 5.23. The first-order valence-corrected chi connectivity index (χ1v) is 29.4. The lowest BCUT2D eigenvalue weighted by atomic mass is 9.89. The van der Waals surface area contributed by atoms with Gasteiger partial charge in [-0.2, -0.15) is 0 Å². The number of carbonyl (C=O) groups excluding carboxylic acids is 7. The molecule has 19 heteroatoms. The lowest BCUT2D eigenvalue weighted by Crippen LogP contribution is -2.45.